The van der Waals surface area contributed by atoms with Crippen LogP contribution in [0.4, 0.5) is 0 Å². The second-order valence-electron chi connectivity index (χ2n) is 11.3. The van der Waals surface area contributed by atoms with Gasteiger partial charge in [0.25, 0.3) is 5.91 Å². The highest BCUT2D eigenvalue weighted by Crippen LogP contribution is 2.31. The summed E-state index contributed by atoms with van der Waals surface area (Å²) in [7, 11) is 0. The summed E-state index contributed by atoms with van der Waals surface area (Å²) in [6.07, 6.45) is 21.8. The molecule has 0 fully saturated rings. The molecule has 0 saturated carbocycles. The van der Waals surface area contributed by atoms with Crippen LogP contribution in [0.25, 0.3) is 0 Å². The molecule has 3 unspecified atom stereocenters. The molecule has 0 radical (unpaired) electrons. The first-order chi connectivity index (χ1) is 18.9. The van der Waals surface area contributed by atoms with E-state index in [-0.39, 0.29) is 6.10 Å². The third-order valence-electron chi connectivity index (χ3n) is 6.84. The van der Waals surface area contributed by atoms with Crippen LogP contribution in [0.1, 0.15) is 144 Å². The van der Waals surface area contributed by atoms with E-state index in [4.69, 9.17) is 14.2 Å². The molecule has 0 bridgehead atoms. The molecule has 0 aliphatic carbocycles. The SMILES string of the molecule is CCCCCCCCC=CCCCCCCC(OCCC)C(OCCC)(OCCC)N(CC(C)O)CC(C)O. The lowest BCUT2D eigenvalue weighted by Gasteiger charge is -2.48. The van der Waals surface area contributed by atoms with Gasteiger partial charge in [-0.2, -0.15) is 0 Å². The van der Waals surface area contributed by atoms with Gasteiger partial charge < -0.3 is 24.4 Å². The van der Waals surface area contributed by atoms with Crippen molar-refractivity contribution < 1.29 is 24.4 Å². The molecule has 6 heteroatoms. The lowest BCUT2D eigenvalue weighted by Crippen LogP contribution is -2.64. The number of hydrogen-bond acceptors (Lipinski definition) is 6. The van der Waals surface area contributed by atoms with E-state index in [9.17, 15) is 10.2 Å². The number of aliphatic hydroxyl groups excluding tert-OH is 2. The molecule has 0 amide bonds. The van der Waals surface area contributed by atoms with Gasteiger partial charge in [-0.05, 0) is 65.2 Å². The Morgan fingerprint density at radius 2 is 1.08 bits per heavy atom. The lowest BCUT2D eigenvalue weighted by atomic mass is 10.0. The summed E-state index contributed by atoms with van der Waals surface area (Å²) >= 11 is 0. The smallest absolute Gasteiger partial charge is 0.257 e. The highest BCUT2D eigenvalue weighted by molar-refractivity contribution is 4.86. The van der Waals surface area contributed by atoms with Crippen LogP contribution in [0.2, 0.25) is 0 Å². The van der Waals surface area contributed by atoms with Crippen molar-refractivity contribution in [2.24, 2.45) is 0 Å². The van der Waals surface area contributed by atoms with Gasteiger partial charge in [0, 0.05) is 19.7 Å². The first-order valence-electron chi connectivity index (χ1n) is 16.5. The maximum absolute atomic E-state index is 10.3. The molecule has 0 rings (SSSR count). The van der Waals surface area contributed by atoms with Crippen LogP contribution >= 0.6 is 0 Å². The van der Waals surface area contributed by atoms with Gasteiger partial charge in [0.2, 0.25) is 0 Å². The number of rotatable bonds is 29. The number of hydrogen-bond donors (Lipinski definition) is 2. The summed E-state index contributed by atoms with van der Waals surface area (Å²) < 4.78 is 19.5. The van der Waals surface area contributed by atoms with Crippen LogP contribution in [0.3, 0.4) is 0 Å². The van der Waals surface area contributed by atoms with Gasteiger partial charge in [-0.1, -0.05) is 91.2 Å². The molecule has 0 aromatic heterocycles. The minimum atomic E-state index is -1.13. The lowest BCUT2D eigenvalue weighted by molar-refractivity contribution is -0.367. The van der Waals surface area contributed by atoms with Crippen molar-refractivity contribution in [2.45, 2.75) is 168 Å². The van der Waals surface area contributed by atoms with E-state index in [0.717, 1.165) is 44.9 Å². The minimum Gasteiger partial charge on any atom is -0.392 e. The fourth-order valence-electron chi connectivity index (χ4n) is 4.93. The van der Waals surface area contributed by atoms with Crippen molar-refractivity contribution in [3.8, 4) is 0 Å². The molecule has 234 valence electrons. The summed E-state index contributed by atoms with van der Waals surface area (Å²) in [4.78, 5) is 1.97. The van der Waals surface area contributed by atoms with E-state index in [1.165, 1.54) is 57.8 Å². The third-order valence-corrected chi connectivity index (χ3v) is 6.84. The second-order valence-corrected chi connectivity index (χ2v) is 11.3. The molecule has 0 aromatic carbocycles. The Kier molecular flexibility index (Phi) is 26.1. The maximum Gasteiger partial charge on any atom is 0.257 e. The number of unbranched alkanes of at least 4 members (excludes halogenated alkanes) is 10. The maximum atomic E-state index is 10.3. The van der Waals surface area contributed by atoms with Crippen molar-refractivity contribution in [2.75, 3.05) is 32.9 Å². The summed E-state index contributed by atoms with van der Waals surface area (Å²) in [5.41, 5.74) is 0. The second kappa shape index (κ2) is 26.4. The Labute approximate surface area is 242 Å². The molecule has 3 atom stereocenters. The average molecular weight is 558 g/mol. The van der Waals surface area contributed by atoms with Crippen molar-refractivity contribution in [1.82, 2.24) is 4.90 Å². The zero-order chi connectivity index (χ0) is 29.2. The van der Waals surface area contributed by atoms with Gasteiger partial charge >= 0.3 is 0 Å². The first-order valence-corrected chi connectivity index (χ1v) is 16.5. The zero-order valence-corrected chi connectivity index (χ0v) is 26.8. The molecule has 0 aromatic rings. The molecule has 39 heavy (non-hydrogen) atoms. The Hall–Kier alpha value is -0.500. The molecule has 0 saturated heterocycles. The zero-order valence-electron chi connectivity index (χ0n) is 26.8. The van der Waals surface area contributed by atoms with Crippen LogP contribution in [-0.4, -0.2) is 72.2 Å². The van der Waals surface area contributed by atoms with Crippen LogP contribution in [0.15, 0.2) is 12.2 Å². The third kappa shape index (κ3) is 19.3. The number of aliphatic hydroxyl groups is 2. The number of ether oxygens (including phenoxy) is 3. The highest BCUT2D eigenvalue weighted by Gasteiger charge is 2.48. The van der Waals surface area contributed by atoms with E-state index in [1.54, 1.807) is 13.8 Å². The predicted octanol–water partition coefficient (Wildman–Crippen LogP) is 8.00. The van der Waals surface area contributed by atoms with E-state index < -0.39 is 18.1 Å². The topological polar surface area (TPSA) is 71.4 Å². The van der Waals surface area contributed by atoms with Gasteiger partial charge in [-0.25, -0.2) is 4.90 Å². The summed E-state index contributed by atoms with van der Waals surface area (Å²) in [6.45, 7) is 14.4. The standard InChI is InChI=1S/C33H67NO5/c1-7-11-12-13-14-15-16-17-18-19-20-21-22-23-24-32(37-25-8-2)33(38-26-9-3,39-27-10-4)34(28-30(5)35)29-31(6)36/h17-18,30-32,35-36H,7-16,19-29H2,1-6H3. The molecule has 2 N–H and O–H groups in total. The molecule has 0 aliphatic rings. The van der Waals surface area contributed by atoms with Crippen molar-refractivity contribution in [1.29, 1.82) is 0 Å². The van der Waals surface area contributed by atoms with Crippen molar-refractivity contribution in [3.63, 3.8) is 0 Å². The van der Waals surface area contributed by atoms with Gasteiger partial charge in [0.1, 0.15) is 6.10 Å². The van der Waals surface area contributed by atoms with E-state index in [2.05, 4.69) is 39.8 Å². The van der Waals surface area contributed by atoms with Crippen LogP contribution < -0.4 is 0 Å². The molecular formula is C33H67NO5. The van der Waals surface area contributed by atoms with Crippen molar-refractivity contribution in [3.05, 3.63) is 12.2 Å². The molecule has 0 aliphatic heterocycles. The highest BCUT2D eigenvalue weighted by atomic mass is 16.7. The van der Waals surface area contributed by atoms with E-state index in [1.807, 2.05) is 4.90 Å². The number of allylic oxidation sites excluding steroid dienone is 2. The first kappa shape index (κ1) is 38.5. The van der Waals surface area contributed by atoms with Gasteiger partial charge in [-0.3, -0.25) is 0 Å². The minimum absolute atomic E-state index is 0.301. The summed E-state index contributed by atoms with van der Waals surface area (Å²) in [6, 6.07) is 0. The van der Waals surface area contributed by atoms with Crippen LogP contribution in [0, 0.1) is 0 Å². The van der Waals surface area contributed by atoms with Crippen LogP contribution in [0.5, 0.6) is 0 Å². The monoisotopic (exact) mass is 558 g/mol. The largest absolute Gasteiger partial charge is 0.392 e. The van der Waals surface area contributed by atoms with Gasteiger partial charge in [0.15, 0.2) is 0 Å². The Bertz CT molecular complexity index is 522. The Morgan fingerprint density at radius 1 is 0.615 bits per heavy atom. The average Bonchev–Trinajstić information content (AvgIpc) is 2.90. The molecular weight excluding hydrogens is 490 g/mol. The van der Waals surface area contributed by atoms with E-state index >= 15 is 0 Å². The van der Waals surface area contributed by atoms with E-state index in [0.29, 0.717) is 32.9 Å². The fraction of sp³-hybridized carbons (Fsp3) is 0.939. The fourth-order valence-corrected chi connectivity index (χ4v) is 4.93. The van der Waals surface area contributed by atoms with Gasteiger partial charge in [0.05, 0.1) is 25.4 Å². The molecule has 6 nitrogen and oxygen atoms in total. The van der Waals surface area contributed by atoms with Gasteiger partial charge in [-0.15, -0.1) is 0 Å². The normalized spacial score (nSPS) is 14.9. The number of nitrogens with zero attached hydrogens (tertiary/aromatic N) is 1. The predicted molar refractivity (Wildman–Crippen MR) is 165 cm³/mol. The Balaban J connectivity index is 5.10. The molecule has 0 heterocycles. The Morgan fingerprint density at radius 3 is 1.54 bits per heavy atom. The molecule has 0 spiro atoms. The van der Waals surface area contributed by atoms with Crippen LogP contribution in [-0.2, 0) is 14.2 Å². The summed E-state index contributed by atoms with van der Waals surface area (Å²) in [5.74, 6) is -1.13. The van der Waals surface area contributed by atoms with Crippen molar-refractivity contribution >= 4 is 0 Å². The summed E-state index contributed by atoms with van der Waals surface area (Å²) in [5, 5.41) is 20.7. The quantitative estimate of drug-likeness (QED) is 0.0551.